The van der Waals surface area contributed by atoms with Crippen molar-refractivity contribution in [3.63, 3.8) is 0 Å². The third-order valence-corrected chi connectivity index (χ3v) is 3.19. The monoisotopic (exact) mass is 249 g/mol. The van der Waals surface area contributed by atoms with Crippen LogP contribution in [0, 0.1) is 0 Å². The molecule has 96 valence electrons. The van der Waals surface area contributed by atoms with Crippen LogP contribution in [0.1, 0.15) is 19.1 Å². The number of aromatic nitrogens is 4. The molecular formula is C11H15N5O2. The Balaban J connectivity index is 1.98. The molecule has 1 saturated heterocycles. The van der Waals surface area contributed by atoms with Crippen molar-refractivity contribution in [1.82, 2.24) is 19.5 Å². The van der Waals surface area contributed by atoms with E-state index in [-0.39, 0.29) is 18.9 Å². The molecule has 7 nitrogen and oxygen atoms in total. The molecule has 2 atom stereocenters. The van der Waals surface area contributed by atoms with Gasteiger partial charge in [-0.3, -0.25) is 4.57 Å². The van der Waals surface area contributed by atoms with Crippen LogP contribution in [0.2, 0.25) is 0 Å². The Kier molecular flexibility index (Phi) is 2.85. The second-order valence-corrected chi connectivity index (χ2v) is 4.27. The van der Waals surface area contributed by atoms with Crippen molar-refractivity contribution in [3.8, 4) is 0 Å². The van der Waals surface area contributed by atoms with E-state index < -0.39 is 0 Å². The van der Waals surface area contributed by atoms with Crippen LogP contribution in [0.25, 0.3) is 11.2 Å². The summed E-state index contributed by atoms with van der Waals surface area (Å²) in [6, 6.07) is 0. The molecule has 0 aromatic carbocycles. The maximum atomic E-state index is 9.09. The van der Waals surface area contributed by atoms with Crippen molar-refractivity contribution >= 4 is 17.0 Å². The lowest BCUT2D eigenvalue weighted by atomic mass is 10.2. The number of hydrogen-bond donors (Lipinski definition) is 2. The zero-order valence-electron chi connectivity index (χ0n) is 10.1. The van der Waals surface area contributed by atoms with Crippen molar-refractivity contribution in [2.45, 2.75) is 25.2 Å². The van der Waals surface area contributed by atoms with E-state index in [1.807, 2.05) is 4.57 Å². The van der Waals surface area contributed by atoms with Crippen molar-refractivity contribution < 1.29 is 9.84 Å². The van der Waals surface area contributed by atoms with Crippen LogP contribution in [0.5, 0.6) is 0 Å². The average Bonchev–Trinajstić information content (AvgIpc) is 3.03. The van der Waals surface area contributed by atoms with Gasteiger partial charge in [-0.15, -0.1) is 0 Å². The van der Waals surface area contributed by atoms with Crippen molar-refractivity contribution in [1.29, 1.82) is 0 Å². The summed E-state index contributed by atoms with van der Waals surface area (Å²) in [6.07, 6.45) is 4.74. The first-order chi connectivity index (χ1) is 8.83. The van der Waals surface area contributed by atoms with E-state index in [0.29, 0.717) is 5.82 Å². The highest BCUT2D eigenvalue weighted by molar-refractivity contribution is 5.82. The predicted octanol–water partition coefficient (Wildman–Crippen LogP) is 0.538. The largest absolute Gasteiger partial charge is 0.394 e. The third kappa shape index (κ3) is 1.72. The summed E-state index contributed by atoms with van der Waals surface area (Å²) in [7, 11) is 1.80. The van der Waals surface area contributed by atoms with Gasteiger partial charge in [-0.2, -0.15) is 0 Å². The molecule has 0 bridgehead atoms. The molecule has 1 aliphatic heterocycles. The fraction of sp³-hybridized carbons (Fsp3) is 0.545. The maximum Gasteiger partial charge on any atom is 0.167 e. The lowest BCUT2D eigenvalue weighted by Gasteiger charge is -2.13. The molecule has 2 aromatic rings. The van der Waals surface area contributed by atoms with Gasteiger partial charge < -0.3 is 15.2 Å². The quantitative estimate of drug-likeness (QED) is 0.825. The molecule has 0 spiro atoms. The first kappa shape index (κ1) is 11.4. The van der Waals surface area contributed by atoms with Crippen LogP contribution in [0.3, 0.4) is 0 Å². The molecule has 2 aromatic heterocycles. The number of hydrogen-bond acceptors (Lipinski definition) is 6. The van der Waals surface area contributed by atoms with Crippen LogP contribution in [-0.2, 0) is 4.74 Å². The number of ether oxygens (including phenoxy) is 1. The first-order valence-corrected chi connectivity index (χ1v) is 5.95. The molecule has 3 rings (SSSR count). The first-order valence-electron chi connectivity index (χ1n) is 5.95. The van der Waals surface area contributed by atoms with Gasteiger partial charge in [0.1, 0.15) is 18.1 Å². The molecule has 3 heterocycles. The second-order valence-electron chi connectivity index (χ2n) is 4.27. The van der Waals surface area contributed by atoms with Gasteiger partial charge in [0.15, 0.2) is 11.5 Å². The number of imidazole rings is 1. The van der Waals surface area contributed by atoms with E-state index in [0.717, 1.165) is 24.0 Å². The molecule has 0 amide bonds. The van der Waals surface area contributed by atoms with Crippen LogP contribution >= 0.6 is 0 Å². The number of anilines is 1. The zero-order valence-corrected chi connectivity index (χ0v) is 10.1. The number of nitrogens with one attached hydrogen (secondary N) is 1. The van der Waals surface area contributed by atoms with Gasteiger partial charge in [-0.25, -0.2) is 15.0 Å². The highest BCUT2D eigenvalue weighted by atomic mass is 16.5. The Hall–Kier alpha value is -1.73. The van der Waals surface area contributed by atoms with Gasteiger partial charge in [0.05, 0.1) is 19.0 Å². The minimum Gasteiger partial charge on any atom is -0.394 e. The van der Waals surface area contributed by atoms with Gasteiger partial charge in [-0.1, -0.05) is 0 Å². The molecule has 2 N–H and O–H groups in total. The summed E-state index contributed by atoms with van der Waals surface area (Å²) >= 11 is 0. The molecule has 2 unspecified atom stereocenters. The number of rotatable bonds is 3. The molecule has 7 heteroatoms. The van der Waals surface area contributed by atoms with Gasteiger partial charge in [0.2, 0.25) is 0 Å². The normalized spacial score (nSPS) is 23.7. The molecule has 0 radical (unpaired) electrons. The average molecular weight is 249 g/mol. The topological polar surface area (TPSA) is 85.1 Å². The van der Waals surface area contributed by atoms with E-state index in [1.54, 1.807) is 13.4 Å². The van der Waals surface area contributed by atoms with Gasteiger partial charge in [0, 0.05) is 7.05 Å². The SMILES string of the molecule is CNc1ncnc2c1ncn2C1CCC(CO)O1. The lowest BCUT2D eigenvalue weighted by Crippen LogP contribution is -2.14. The second kappa shape index (κ2) is 4.51. The number of nitrogens with zero attached hydrogens (tertiary/aromatic N) is 4. The Morgan fingerprint density at radius 2 is 2.33 bits per heavy atom. The maximum absolute atomic E-state index is 9.09. The van der Waals surface area contributed by atoms with Crippen LogP contribution in [-0.4, -0.2) is 44.4 Å². The summed E-state index contributed by atoms with van der Waals surface area (Å²) < 4.78 is 7.63. The fourth-order valence-corrected chi connectivity index (χ4v) is 2.27. The van der Waals surface area contributed by atoms with E-state index in [1.165, 1.54) is 6.33 Å². The lowest BCUT2D eigenvalue weighted by molar-refractivity contribution is -0.0207. The van der Waals surface area contributed by atoms with Crippen LogP contribution < -0.4 is 5.32 Å². The van der Waals surface area contributed by atoms with Crippen LogP contribution in [0.4, 0.5) is 5.82 Å². The molecule has 0 saturated carbocycles. The number of aliphatic hydroxyl groups is 1. The Bertz CT molecular complexity index is 555. The van der Waals surface area contributed by atoms with Crippen molar-refractivity contribution in [2.75, 3.05) is 19.0 Å². The van der Waals surface area contributed by atoms with Crippen molar-refractivity contribution in [2.24, 2.45) is 0 Å². The standard InChI is InChI=1S/C11H15N5O2/c1-12-10-9-11(14-5-13-10)16(6-15-9)8-3-2-7(4-17)18-8/h5-8,17H,2-4H2,1H3,(H,12,13,14). The Morgan fingerprint density at radius 1 is 1.44 bits per heavy atom. The van der Waals surface area contributed by atoms with Gasteiger partial charge in [0.25, 0.3) is 0 Å². The molecule has 1 aliphatic rings. The number of fused-ring (bicyclic) bond motifs is 1. The molecule has 1 fully saturated rings. The smallest absolute Gasteiger partial charge is 0.167 e. The molecule has 0 aliphatic carbocycles. The van der Waals surface area contributed by atoms with Crippen molar-refractivity contribution in [3.05, 3.63) is 12.7 Å². The summed E-state index contributed by atoms with van der Waals surface area (Å²) in [4.78, 5) is 12.7. The predicted molar refractivity (Wildman–Crippen MR) is 65.1 cm³/mol. The molecular weight excluding hydrogens is 234 g/mol. The Morgan fingerprint density at radius 3 is 3.06 bits per heavy atom. The summed E-state index contributed by atoms with van der Waals surface area (Å²) in [6.45, 7) is 0.0554. The van der Waals surface area contributed by atoms with E-state index in [4.69, 9.17) is 9.84 Å². The fourth-order valence-electron chi connectivity index (χ4n) is 2.27. The van der Waals surface area contributed by atoms with E-state index in [9.17, 15) is 0 Å². The van der Waals surface area contributed by atoms with E-state index in [2.05, 4.69) is 20.3 Å². The zero-order chi connectivity index (χ0) is 12.5. The molecule has 18 heavy (non-hydrogen) atoms. The third-order valence-electron chi connectivity index (χ3n) is 3.19. The summed E-state index contributed by atoms with van der Waals surface area (Å²) in [5.41, 5.74) is 1.48. The minimum absolute atomic E-state index is 0.0554. The van der Waals surface area contributed by atoms with E-state index >= 15 is 0 Å². The Labute approximate surface area is 104 Å². The minimum atomic E-state index is -0.105. The summed E-state index contributed by atoms with van der Waals surface area (Å²) in [5, 5.41) is 12.1. The highest BCUT2D eigenvalue weighted by Gasteiger charge is 2.27. The summed E-state index contributed by atoms with van der Waals surface area (Å²) in [5.74, 6) is 0.704. The van der Waals surface area contributed by atoms with Gasteiger partial charge in [-0.05, 0) is 12.8 Å². The number of aliphatic hydroxyl groups excluding tert-OH is 1. The highest BCUT2D eigenvalue weighted by Crippen LogP contribution is 2.30. The van der Waals surface area contributed by atoms with Gasteiger partial charge >= 0.3 is 0 Å². The van der Waals surface area contributed by atoms with Crippen LogP contribution in [0.15, 0.2) is 12.7 Å².